The van der Waals surface area contributed by atoms with Crippen molar-refractivity contribution in [1.82, 2.24) is 14.9 Å². The van der Waals surface area contributed by atoms with Crippen molar-refractivity contribution in [2.24, 2.45) is 10.7 Å². The Labute approximate surface area is 111 Å². The van der Waals surface area contributed by atoms with Gasteiger partial charge in [-0.05, 0) is 6.42 Å². The molecule has 0 aliphatic carbocycles. The Bertz CT molecular complexity index is 389. The molecule has 1 aromatic rings. The normalized spacial score (nSPS) is 12.1. The summed E-state index contributed by atoms with van der Waals surface area (Å²) in [7, 11) is 0. The number of aliphatic imine (C=N–C) groups is 1. The largest absolute Gasteiger partial charge is 0.370 e. The first kappa shape index (κ1) is 15.4. The van der Waals surface area contributed by atoms with Gasteiger partial charge < -0.3 is 11.1 Å². The molecule has 3 N–H and O–H groups in total. The number of nitrogens with one attached hydrogen (secondary N) is 1. The molecule has 1 aromatic heterocycles. The molecule has 0 fully saturated rings. The van der Waals surface area contributed by atoms with Crippen molar-refractivity contribution in [2.45, 2.75) is 45.7 Å². The lowest BCUT2D eigenvalue weighted by Crippen LogP contribution is -2.32. The first-order chi connectivity index (χ1) is 9.15. The Morgan fingerprint density at radius 1 is 1.47 bits per heavy atom. The van der Waals surface area contributed by atoms with Gasteiger partial charge in [0.2, 0.25) is 0 Å². The molecular weight excluding hydrogens is 252 g/mol. The summed E-state index contributed by atoms with van der Waals surface area (Å²) in [6.07, 6.45) is 7.10. The van der Waals surface area contributed by atoms with Crippen LogP contribution < -0.4 is 11.1 Å². The lowest BCUT2D eigenvalue weighted by molar-refractivity contribution is 0.0671. The molecule has 0 spiro atoms. The molecule has 0 atom stereocenters. The lowest BCUT2D eigenvalue weighted by atomic mass is 10.2. The van der Waals surface area contributed by atoms with Gasteiger partial charge in [-0.25, -0.2) is 9.98 Å². The molecule has 0 radical (unpaired) electrons. The van der Waals surface area contributed by atoms with Gasteiger partial charge in [-0.3, -0.25) is 4.57 Å². The van der Waals surface area contributed by atoms with Gasteiger partial charge in [-0.15, -0.1) is 0 Å². The van der Waals surface area contributed by atoms with Crippen LogP contribution in [-0.2, 0) is 6.54 Å². The van der Waals surface area contributed by atoms with E-state index in [-0.39, 0.29) is 18.3 Å². The van der Waals surface area contributed by atoms with Crippen molar-refractivity contribution in [3.8, 4) is 0 Å². The van der Waals surface area contributed by atoms with Crippen LogP contribution in [0.15, 0.2) is 17.4 Å². The van der Waals surface area contributed by atoms with Crippen LogP contribution >= 0.6 is 0 Å². The summed E-state index contributed by atoms with van der Waals surface area (Å²) in [5.41, 5.74) is 5.65. The zero-order chi connectivity index (χ0) is 14.1. The lowest BCUT2D eigenvalue weighted by Gasteiger charge is -2.06. The Morgan fingerprint density at radius 3 is 2.95 bits per heavy atom. The number of guanidine groups is 1. The van der Waals surface area contributed by atoms with Crippen molar-refractivity contribution in [2.75, 3.05) is 6.54 Å². The summed E-state index contributed by atoms with van der Waals surface area (Å²) in [5.74, 6) is 0.464. The molecule has 0 bridgehead atoms. The van der Waals surface area contributed by atoms with Crippen molar-refractivity contribution < 1.29 is 8.78 Å². The first-order valence-corrected chi connectivity index (χ1v) is 6.48. The summed E-state index contributed by atoms with van der Waals surface area (Å²) in [4.78, 5) is 7.82. The summed E-state index contributed by atoms with van der Waals surface area (Å²) in [6.45, 7) is 0.342. The number of nitrogens with zero attached hydrogens (tertiary/aromatic N) is 3. The van der Waals surface area contributed by atoms with Gasteiger partial charge in [0.15, 0.2) is 5.96 Å². The van der Waals surface area contributed by atoms with Crippen LogP contribution in [0.25, 0.3) is 0 Å². The average Bonchev–Trinajstić information content (AvgIpc) is 2.84. The third-order valence-corrected chi connectivity index (χ3v) is 2.69. The Kier molecular flexibility index (Phi) is 6.84. The van der Waals surface area contributed by atoms with Gasteiger partial charge in [0, 0.05) is 18.9 Å². The van der Waals surface area contributed by atoms with E-state index in [2.05, 4.69) is 22.2 Å². The minimum atomic E-state index is -2.60. The maximum atomic E-state index is 12.5. The second-order valence-corrected chi connectivity index (χ2v) is 4.22. The quantitative estimate of drug-likeness (QED) is 0.434. The second kappa shape index (κ2) is 8.44. The van der Waals surface area contributed by atoms with E-state index in [0.717, 1.165) is 24.0 Å². The van der Waals surface area contributed by atoms with Gasteiger partial charge >= 0.3 is 6.55 Å². The van der Waals surface area contributed by atoms with Gasteiger partial charge in [-0.1, -0.05) is 26.2 Å². The molecule has 0 aliphatic rings. The smallest absolute Gasteiger partial charge is 0.319 e. The Balaban J connectivity index is 2.32. The third-order valence-electron chi connectivity index (χ3n) is 2.69. The number of halogens is 2. The third kappa shape index (κ3) is 5.67. The molecular formula is C12H21F2N5. The molecule has 0 saturated carbocycles. The maximum absolute atomic E-state index is 12.5. The standard InChI is InChI=1S/C12H21F2N5/c1-2-3-4-5-6-17-12(15)18-9-10-16-7-8-19(10)11(13)14/h7-8,11H,2-6,9H2,1H3,(H3,15,17,18). The molecule has 5 nitrogen and oxygen atoms in total. The van der Waals surface area contributed by atoms with Crippen LogP contribution in [0.3, 0.4) is 0 Å². The summed E-state index contributed by atoms with van der Waals surface area (Å²) < 4.78 is 25.8. The van der Waals surface area contributed by atoms with Crippen molar-refractivity contribution in [3.63, 3.8) is 0 Å². The molecule has 1 heterocycles. The summed E-state index contributed by atoms with van der Waals surface area (Å²) >= 11 is 0. The van der Waals surface area contributed by atoms with E-state index in [1.165, 1.54) is 25.2 Å². The SMILES string of the molecule is CCCCCCNC(N)=NCc1nccn1C(F)F. The molecule has 19 heavy (non-hydrogen) atoms. The first-order valence-electron chi connectivity index (χ1n) is 6.48. The predicted octanol–water partition coefficient (Wildman–Crippen LogP) is 2.26. The number of nitrogens with two attached hydrogens (primary N) is 1. The number of hydrogen-bond donors (Lipinski definition) is 2. The van der Waals surface area contributed by atoms with Crippen LogP contribution in [0.2, 0.25) is 0 Å². The highest BCUT2D eigenvalue weighted by atomic mass is 19.3. The van der Waals surface area contributed by atoms with E-state index >= 15 is 0 Å². The van der Waals surface area contributed by atoms with E-state index in [4.69, 9.17) is 5.73 Å². The molecule has 0 amide bonds. The fourth-order valence-electron chi connectivity index (χ4n) is 1.62. The van der Waals surface area contributed by atoms with Crippen LogP contribution in [-0.4, -0.2) is 22.1 Å². The van der Waals surface area contributed by atoms with Crippen molar-refractivity contribution in [1.29, 1.82) is 0 Å². The topological polar surface area (TPSA) is 68.2 Å². The highest BCUT2D eigenvalue weighted by Crippen LogP contribution is 2.12. The van der Waals surface area contributed by atoms with Gasteiger partial charge in [0.25, 0.3) is 0 Å². The zero-order valence-corrected chi connectivity index (χ0v) is 11.1. The monoisotopic (exact) mass is 273 g/mol. The van der Waals surface area contributed by atoms with E-state index in [1.807, 2.05) is 0 Å². The van der Waals surface area contributed by atoms with E-state index in [9.17, 15) is 8.78 Å². The zero-order valence-electron chi connectivity index (χ0n) is 11.1. The highest BCUT2D eigenvalue weighted by molar-refractivity contribution is 5.77. The number of alkyl halides is 2. The fourth-order valence-corrected chi connectivity index (χ4v) is 1.62. The number of unbranched alkanes of at least 4 members (excludes halogenated alkanes) is 3. The minimum Gasteiger partial charge on any atom is -0.370 e. The highest BCUT2D eigenvalue weighted by Gasteiger charge is 2.10. The second-order valence-electron chi connectivity index (χ2n) is 4.22. The number of aromatic nitrogens is 2. The van der Waals surface area contributed by atoms with Crippen LogP contribution in [0.4, 0.5) is 8.78 Å². The van der Waals surface area contributed by atoms with Crippen molar-refractivity contribution >= 4 is 5.96 Å². The molecule has 0 aliphatic heterocycles. The summed E-state index contributed by atoms with van der Waals surface area (Å²) in [6, 6.07) is 0. The average molecular weight is 273 g/mol. The fraction of sp³-hybridized carbons (Fsp3) is 0.667. The molecule has 0 unspecified atom stereocenters. The van der Waals surface area contributed by atoms with E-state index in [0.29, 0.717) is 0 Å². The van der Waals surface area contributed by atoms with Crippen molar-refractivity contribution in [3.05, 3.63) is 18.2 Å². The minimum absolute atomic E-state index is 0.0468. The van der Waals surface area contributed by atoms with Gasteiger partial charge in [0.1, 0.15) is 12.4 Å². The predicted molar refractivity (Wildman–Crippen MR) is 71.0 cm³/mol. The number of hydrogen-bond acceptors (Lipinski definition) is 2. The van der Waals surface area contributed by atoms with Gasteiger partial charge in [0.05, 0.1) is 0 Å². The molecule has 0 aromatic carbocycles. The maximum Gasteiger partial charge on any atom is 0.319 e. The molecule has 7 heteroatoms. The van der Waals surface area contributed by atoms with E-state index < -0.39 is 6.55 Å². The van der Waals surface area contributed by atoms with Crippen LogP contribution in [0.1, 0.15) is 45.0 Å². The Morgan fingerprint density at radius 2 is 2.26 bits per heavy atom. The van der Waals surface area contributed by atoms with E-state index in [1.54, 1.807) is 0 Å². The number of imidazole rings is 1. The molecule has 108 valence electrons. The Hall–Kier alpha value is -1.66. The molecule has 0 saturated heterocycles. The van der Waals surface area contributed by atoms with Gasteiger partial charge in [-0.2, -0.15) is 8.78 Å². The molecule has 1 rings (SSSR count). The number of rotatable bonds is 8. The van der Waals surface area contributed by atoms with Crippen LogP contribution in [0, 0.1) is 0 Å². The summed E-state index contributed by atoms with van der Waals surface area (Å²) in [5, 5.41) is 2.96. The van der Waals surface area contributed by atoms with Crippen LogP contribution in [0.5, 0.6) is 0 Å².